The average Bonchev–Trinajstić information content (AvgIpc) is 3.17. The molecule has 4 rings (SSSR count). The van der Waals surface area contributed by atoms with Crippen molar-refractivity contribution in [3.63, 3.8) is 0 Å². The number of para-hydroxylation sites is 3. The number of carbonyl (C=O) groups excluding carboxylic acids is 2. The first-order valence-corrected chi connectivity index (χ1v) is 12.1. The molecular weight excluding hydrogens is 514 g/mol. The molecular formula is C26H20BrN3O3S. The van der Waals surface area contributed by atoms with Gasteiger partial charge in [0.05, 0.1) is 18.0 Å². The molecule has 1 aliphatic heterocycles. The summed E-state index contributed by atoms with van der Waals surface area (Å²) in [4.78, 5) is 28.1. The highest BCUT2D eigenvalue weighted by Gasteiger charge is 2.40. The molecule has 0 radical (unpaired) electrons. The minimum absolute atomic E-state index is 0.133. The van der Waals surface area contributed by atoms with Crippen molar-refractivity contribution in [2.75, 3.05) is 17.3 Å². The summed E-state index contributed by atoms with van der Waals surface area (Å²) < 4.78 is 6.25. The van der Waals surface area contributed by atoms with Crippen LogP contribution in [0.25, 0.3) is 0 Å². The van der Waals surface area contributed by atoms with Crippen LogP contribution in [-0.4, -0.2) is 24.2 Å². The van der Waals surface area contributed by atoms with Gasteiger partial charge in [-0.05, 0) is 48.4 Å². The first-order chi connectivity index (χ1) is 16.5. The minimum Gasteiger partial charge on any atom is -0.495 e. The standard InChI is InChI=1S/C26H20BrN3O3S/c1-33-22-10-6-5-9-21(22)29-24(31)20(16-28)26-30(19-7-3-2-4-8-19)25(32)23(34-26)15-17-11-13-18(27)14-12-17/h2-14,23H,15H2,1H3,(H,29,31)/b26-20-/t23-/m1/s1. The fourth-order valence-electron chi connectivity index (χ4n) is 3.57. The highest BCUT2D eigenvalue weighted by molar-refractivity contribution is 9.10. The number of benzene rings is 3. The van der Waals surface area contributed by atoms with Crippen LogP contribution in [0.3, 0.4) is 0 Å². The molecule has 3 aromatic rings. The van der Waals surface area contributed by atoms with E-state index in [1.54, 1.807) is 36.4 Å². The van der Waals surface area contributed by atoms with E-state index in [1.165, 1.54) is 23.8 Å². The number of hydrogen-bond donors (Lipinski definition) is 1. The number of thioether (sulfide) groups is 1. The molecule has 0 saturated carbocycles. The largest absolute Gasteiger partial charge is 0.495 e. The Balaban J connectivity index is 1.71. The van der Waals surface area contributed by atoms with Crippen molar-refractivity contribution >= 4 is 50.9 Å². The maximum atomic E-state index is 13.5. The van der Waals surface area contributed by atoms with Crippen LogP contribution in [0.4, 0.5) is 11.4 Å². The molecule has 3 aromatic carbocycles. The van der Waals surface area contributed by atoms with Gasteiger partial charge in [-0.15, -0.1) is 0 Å². The first kappa shape index (κ1) is 23.6. The van der Waals surface area contributed by atoms with Crippen LogP contribution in [0.5, 0.6) is 5.75 Å². The number of hydrogen-bond acceptors (Lipinski definition) is 5. The molecule has 1 atom stereocenters. The van der Waals surface area contributed by atoms with Gasteiger partial charge in [-0.25, -0.2) is 0 Å². The number of nitrogens with zero attached hydrogens (tertiary/aromatic N) is 2. The number of halogens is 1. The lowest BCUT2D eigenvalue weighted by atomic mass is 10.1. The van der Waals surface area contributed by atoms with Gasteiger partial charge in [0.25, 0.3) is 5.91 Å². The van der Waals surface area contributed by atoms with Crippen molar-refractivity contribution in [1.82, 2.24) is 0 Å². The SMILES string of the molecule is COc1ccccc1NC(=O)/C(C#N)=C1\S[C@H](Cc2ccc(Br)cc2)C(=O)N1c1ccccc1. The summed E-state index contributed by atoms with van der Waals surface area (Å²) in [5, 5.41) is 12.5. The molecule has 1 saturated heterocycles. The topological polar surface area (TPSA) is 82.4 Å². The van der Waals surface area contributed by atoms with Crippen LogP contribution in [0, 0.1) is 11.3 Å². The fraction of sp³-hybridized carbons (Fsp3) is 0.115. The van der Waals surface area contributed by atoms with Crippen molar-refractivity contribution in [2.24, 2.45) is 0 Å². The van der Waals surface area contributed by atoms with Crippen molar-refractivity contribution in [3.05, 3.63) is 99.5 Å². The summed E-state index contributed by atoms with van der Waals surface area (Å²) in [6, 6.07) is 25.8. The lowest BCUT2D eigenvalue weighted by Gasteiger charge is -2.18. The molecule has 34 heavy (non-hydrogen) atoms. The van der Waals surface area contributed by atoms with Gasteiger partial charge in [-0.2, -0.15) is 5.26 Å². The Hall–Kier alpha value is -3.54. The van der Waals surface area contributed by atoms with Crippen molar-refractivity contribution in [1.29, 1.82) is 5.26 Å². The Morgan fingerprint density at radius 3 is 2.44 bits per heavy atom. The summed E-state index contributed by atoms with van der Waals surface area (Å²) in [7, 11) is 1.50. The van der Waals surface area contributed by atoms with E-state index in [9.17, 15) is 14.9 Å². The molecule has 0 aromatic heterocycles. The van der Waals surface area contributed by atoms with Crippen LogP contribution in [0.15, 0.2) is 93.9 Å². The van der Waals surface area contributed by atoms with Gasteiger partial charge in [-0.3, -0.25) is 14.5 Å². The number of anilines is 2. The van der Waals surface area contributed by atoms with E-state index in [0.29, 0.717) is 28.6 Å². The van der Waals surface area contributed by atoms with Gasteiger partial charge in [0.1, 0.15) is 22.4 Å². The predicted molar refractivity (Wildman–Crippen MR) is 137 cm³/mol. The van der Waals surface area contributed by atoms with Crippen LogP contribution in [-0.2, 0) is 16.0 Å². The van der Waals surface area contributed by atoms with E-state index >= 15 is 0 Å². The number of ether oxygens (including phenoxy) is 1. The second-order valence-corrected chi connectivity index (χ2v) is 9.50. The zero-order valence-corrected chi connectivity index (χ0v) is 20.6. The van der Waals surface area contributed by atoms with Crippen LogP contribution >= 0.6 is 27.7 Å². The second kappa shape index (κ2) is 10.6. The molecule has 0 spiro atoms. The molecule has 0 bridgehead atoms. The third-order valence-corrected chi connectivity index (χ3v) is 7.00. The van der Waals surface area contributed by atoms with Crippen molar-refractivity contribution in [2.45, 2.75) is 11.7 Å². The summed E-state index contributed by atoms with van der Waals surface area (Å²) in [5.41, 5.74) is 1.90. The number of nitrogens with one attached hydrogen (secondary N) is 1. The van der Waals surface area contributed by atoms with E-state index in [1.807, 2.05) is 48.5 Å². The molecule has 6 nitrogen and oxygen atoms in total. The van der Waals surface area contributed by atoms with Crippen LogP contribution < -0.4 is 15.0 Å². The van der Waals surface area contributed by atoms with Crippen LogP contribution in [0.1, 0.15) is 5.56 Å². The normalized spacial score (nSPS) is 16.7. The maximum absolute atomic E-state index is 13.5. The molecule has 1 aliphatic rings. The fourth-order valence-corrected chi connectivity index (χ4v) is 5.14. The summed E-state index contributed by atoms with van der Waals surface area (Å²) >= 11 is 4.66. The van der Waals surface area contributed by atoms with Crippen molar-refractivity contribution < 1.29 is 14.3 Å². The monoisotopic (exact) mass is 533 g/mol. The van der Waals surface area contributed by atoms with Gasteiger partial charge in [0.2, 0.25) is 5.91 Å². The van der Waals surface area contributed by atoms with Gasteiger partial charge in [0.15, 0.2) is 0 Å². The quantitative estimate of drug-likeness (QED) is 0.333. The average molecular weight is 534 g/mol. The zero-order valence-electron chi connectivity index (χ0n) is 18.2. The first-order valence-electron chi connectivity index (χ1n) is 10.4. The lowest BCUT2D eigenvalue weighted by Crippen LogP contribution is -2.30. The Bertz CT molecular complexity index is 1290. The zero-order chi connectivity index (χ0) is 24.1. The third-order valence-electron chi connectivity index (χ3n) is 5.21. The van der Waals surface area contributed by atoms with Gasteiger partial charge in [0, 0.05) is 10.2 Å². The summed E-state index contributed by atoms with van der Waals surface area (Å²) in [6.07, 6.45) is 0.469. The van der Waals surface area contributed by atoms with E-state index in [0.717, 1.165) is 10.0 Å². The number of methoxy groups -OCH3 is 1. The predicted octanol–water partition coefficient (Wildman–Crippen LogP) is 5.52. The second-order valence-electron chi connectivity index (χ2n) is 7.39. The summed E-state index contributed by atoms with van der Waals surface area (Å²) in [5.74, 6) is -0.305. The van der Waals surface area contributed by atoms with Gasteiger partial charge < -0.3 is 10.1 Å². The van der Waals surface area contributed by atoms with E-state index < -0.39 is 11.2 Å². The van der Waals surface area contributed by atoms with Crippen LogP contribution in [0.2, 0.25) is 0 Å². The maximum Gasteiger partial charge on any atom is 0.269 e. The highest BCUT2D eigenvalue weighted by atomic mass is 79.9. The molecule has 1 fully saturated rings. The Morgan fingerprint density at radius 2 is 1.76 bits per heavy atom. The Morgan fingerprint density at radius 1 is 1.09 bits per heavy atom. The minimum atomic E-state index is -0.604. The highest BCUT2D eigenvalue weighted by Crippen LogP contribution is 2.42. The third kappa shape index (κ3) is 5.01. The van der Waals surface area contributed by atoms with E-state index in [2.05, 4.69) is 21.2 Å². The molecule has 170 valence electrons. The number of rotatable bonds is 6. The van der Waals surface area contributed by atoms with Gasteiger partial charge in [-0.1, -0.05) is 70.2 Å². The number of nitriles is 1. The van der Waals surface area contributed by atoms with E-state index in [4.69, 9.17) is 4.74 Å². The Kier molecular flexibility index (Phi) is 7.36. The van der Waals surface area contributed by atoms with Crippen molar-refractivity contribution in [3.8, 4) is 11.8 Å². The molecule has 8 heteroatoms. The number of amides is 2. The van der Waals surface area contributed by atoms with Gasteiger partial charge >= 0.3 is 0 Å². The lowest BCUT2D eigenvalue weighted by molar-refractivity contribution is -0.117. The molecule has 1 heterocycles. The molecule has 2 amide bonds. The smallest absolute Gasteiger partial charge is 0.269 e. The molecule has 1 N–H and O–H groups in total. The summed E-state index contributed by atoms with van der Waals surface area (Å²) in [6.45, 7) is 0. The molecule has 0 unspecified atom stereocenters. The van der Waals surface area contributed by atoms with E-state index in [-0.39, 0.29) is 11.5 Å². The number of carbonyl (C=O) groups is 2. The Labute approximate surface area is 210 Å². The molecule has 0 aliphatic carbocycles.